The SMILES string of the molecule is Cc1nc2c(C(N)=O)cnn2c(C)c1CCC(=O)NCc1ccc([N+](=O)[O-])cc1. The summed E-state index contributed by atoms with van der Waals surface area (Å²) in [6, 6.07) is 6.02. The molecule has 10 heteroatoms. The molecule has 2 amide bonds. The summed E-state index contributed by atoms with van der Waals surface area (Å²) in [5.74, 6) is -0.745. The van der Waals surface area contributed by atoms with E-state index in [9.17, 15) is 19.7 Å². The van der Waals surface area contributed by atoms with Crippen LogP contribution in [0.5, 0.6) is 0 Å². The van der Waals surface area contributed by atoms with Gasteiger partial charge in [-0.25, -0.2) is 9.50 Å². The molecule has 0 fully saturated rings. The van der Waals surface area contributed by atoms with Crippen molar-refractivity contribution in [3.05, 3.63) is 68.7 Å². The number of hydrogen-bond acceptors (Lipinski definition) is 6. The lowest BCUT2D eigenvalue weighted by molar-refractivity contribution is -0.384. The predicted molar refractivity (Wildman–Crippen MR) is 104 cm³/mol. The molecule has 3 aromatic rings. The predicted octanol–water partition coefficient (Wildman–Crippen LogP) is 1.60. The lowest BCUT2D eigenvalue weighted by atomic mass is 10.1. The van der Waals surface area contributed by atoms with E-state index in [1.54, 1.807) is 16.6 Å². The highest BCUT2D eigenvalue weighted by Gasteiger charge is 2.17. The van der Waals surface area contributed by atoms with Gasteiger partial charge in [-0.2, -0.15) is 5.10 Å². The Kier molecular flexibility index (Phi) is 5.53. The van der Waals surface area contributed by atoms with E-state index in [1.807, 2.05) is 13.8 Å². The summed E-state index contributed by atoms with van der Waals surface area (Å²) in [4.78, 5) is 38.3. The molecule has 2 aromatic heterocycles. The number of aromatic nitrogens is 3. The number of nitrogens with two attached hydrogens (primary N) is 1. The molecule has 0 spiro atoms. The van der Waals surface area contributed by atoms with Crippen molar-refractivity contribution in [2.75, 3.05) is 0 Å². The monoisotopic (exact) mass is 396 g/mol. The van der Waals surface area contributed by atoms with Crippen LogP contribution < -0.4 is 11.1 Å². The average Bonchev–Trinajstić information content (AvgIpc) is 3.10. The number of fused-ring (bicyclic) bond motifs is 1. The number of aryl methyl sites for hydroxylation is 2. The second kappa shape index (κ2) is 8.05. The summed E-state index contributed by atoms with van der Waals surface area (Å²) in [5, 5.41) is 17.6. The summed E-state index contributed by atoms with van der Waals surface area (Å²) >= 11 is 0. The number of nitrogens with one attached hydrogen (secondary N) is 1. The van der Waals surface area contributed by atoms with Crippen LogP contribution in [0.1, 0.15) is 39.3 Å². The Morgan fingerprint density at radius 1 is 1.24 bits per heavy atom. The topological polar surface area (TPSA) is 146 Å². The van der Waals surface area contributed by atoms with Gasteiger partial charge in [-0.15, -0.1) is 0 Å². The first-order valence-corrected chi connectivity index (χ1v) is 8.91. The Balaban J connectivity index is 1.64. The number of carbonyl (C=O) groups excluding carboxylic acids is 2. The fraction of sp³-hybridized carbons (Fsp3) is 0.263. The van der Waals surface area contributed by atoms with Gasteiger partial charge in [0.25, 0.3) is 11.6 Å². The smallest absolute Gasteiger partial charge is 0.269 e. The molecule has 3 N–H and O–H groups in total. The number of rotatable bonds is 7. The van der Waals surface area contributed by atoms with E-state index in [1.165, 1.54) is 18.3 Å². The van der Waals surface area contributed by atoms with Crippen molar-refractivity contribution in [1.82, 2.24) is 19.9 Å². The lowest BCUT2D eigenvalue weighted by Gasteiger charge is -2.11. The minimum atomic E-state index is -0.593. The van der Waals surface area contributed by atoms with Crippen LogP contribution in [0.3, 0.4) is 0 Å². The molecule has 0 saturated heterocycles. The van der Waals surface area contributed by atoms with E-state index in [4.69, 9.17) is 5.73 Å². The van der Waals surface area contributed by atoms with Crippen LogP contribution in [0.25, 0.3) is 5.65 Å². The number of amides is 2. The van der Waals surface area contributed by atoms with E-state index in [-0.39, 0.29) is 30.1 Å². The molecule has 2 heterocycles. The normalized spacial score (nSPS) is 10.8. The van der Waals surface area contributed by atoms with Crippen LogP contribution in [0.15, 0.2) is 30.5 Å². The van der Waals surface area contributed by atoms with Gasteiger partial charge in [0.2, 0.25) is 5.91 Å². The number of carbonyl (C=O) groups is 2. The maximum Gasteiger partial charge on any atom is 0.269 e. The van der Waals surface area contributed by atoms with Crippen molar-refractivity contribution in [3.8, 4) is 0 Å². The van der Waals surface area contributed by atoms with Crippen molar-refractivity contribution in [3.63, 3.8) is 0 Å². The molecular formula is C19H20N6O4. The van der Waals surface area contributed by atoms with Crippen molar-refractivity contribution in [2.24, 2.45) is 5.73 Å². The van der Waals surface area contributed by atoms with Gasteiger partial charge in [-0.05, 0) is 31.4 Å². The van der Waals surface area contributed by atoms with Crippen LogP contribution in [-0.2, 0) is 17.8 Å². The molecule has 10 nitrogen and oxygen atoms in total. The van der Waals surface area contributed by atoms with Gasteiger partial charge in [-0.1, -0.05) is 12.1 Å². The van der Waals surface area contributed by atoms with E-state index < -0.39 is 10.8 Å². The van der Waals surface area contributed by atoms with E-state index >= 15 is 0 Å². The maximum absolute atomic E-state index is 12.2. The molecule has 0 radical (unpaired) electrons. The van der Waals surface area contributed by atoms with Crippen LogP contribution >= 0.6 is 0 Å². The van der Waals surface area contributed by atoms with Gasteiger partial charge in [0.05, 0.1) is 11.1 Å². The average molecular weight is 396 g/mol. The first-order valence-electron chi connectivity index (χ1n) is 8.91. The zero-order valence-corrected chi connectivity index (χ0v) is 16.0. The van der Waals surface area contributed by atoms with Crippen molar-refractivity contribution >= 4 is 23.1 Å². The third-order valence-electron chi connectivity index (χ3n) is 4.71. The second-order valence-electron chi connectivity index (χ2n) is 6.62. The minimum absolute atomic E-state index is 0.00651. The molecule has 150 valence electrons. The Hall–Kier alpha value is -3.82. The summed E-state index contributed by atoms with van der Waals surface area (Å²) < 4.78 is 1.55. The Morgan fingerprint density at radius 2 is 1.93 bits per heavy atom. The molecule has 0 aliphatic heterocycles. The summed E-state index contributed by atoms with van der Waals surface area (Å²) in [6.07, 6.45) is 2.09. The number of nitro groups is 1. The molecule has 3 rings (SSSR count). The fourth-order valence-corrected chi connectivity index (χ4v) is 3.11. The molecule has 0 aliphatic carbocycles. The van der Waals surface area contributed by atoms with Gasteiger partial charge < -0.3 is 11.1 Å². The standard InChI is InChI=1S/C19H20N6O4/c1-11-15(12(2)24-19(23-11)16(10-22-24)18(20)27)7-8-17(26)21-9-13-3-5-14(6-4-13)25(28)29/h3-6,10H,7-9H2,1-2H3,(H2,20,27)(H,21,26). The van der Waals surface area contributed by atoms with Crippen LogP contribution in [0, 0.1) is 24.0 Å². The molecule has 0 unspecified atom stereocenters. The molecule has 1 aromatic carbocycles. The number of benzene rings is 1. The van der Waals surface area contributed by atoms with Gasteiger partial charge in [0, 0.05) is 36.5 Å². The number of nitro benzene ring substituents is 1. The summed E-state index contributed by atoms with van der Waals surface area (Å²) in [7, 11) is 0. The number of non-ortho nitro benzene ring substituents is 1. The first-order chi connectivity index (χ1) is 13.8. The number of nitrogens with zero attached hydrogens (tertiary/aromatic N) is 4. The van der Waals surface area contributed by atoms with Gasteiger partial charge in [-0.3, -0.25) is 19.7 Å². The highest BCUT2D eigenvalue weighted by molar-refractivity contribution is 5.98. The number of primary amides is 1. The van der Waals surface area contributed by atoms with E-state index in [0.717, 1.165) is 16.8 Å². The van der Waals surface area contributed by atoms with Crippen LogP contribution in [0.2, 0.25) is 0 Å². The fourth-order valence-electron chi connectivity index (χ4n) is 3.11. The molecular weight excluding hydrogens is 376 g/mol. The second-order valence-corrected chi connectivity index (χ2v) is 6.62. The highest BCUT2D eigenvalue weighted by Crippen LogP contribution is 2.18. The lowest BCUT2D eigenvalue weighted by Crippen LogP contribution is -2.23. The largest absolute Gasteiger partial charge is 0.365 e. The van der Waals surface area contributed by atoms with Crippen molar-refractivity contribution in [2.45, 2.75) is 33.2 Å². The summed E-state index contributed by atoms with van der Waals surface area (Å²) in [5.41, 5.74) is 9.16. The Bertz CT molecular complexity index is 1100. The van der Waals surface area contributed by atoms with Crippen LogP contribution in [-0.4, -0.2) is 31.3 Å². The van der Waals surface area contributed by atoms with Crippen molar-refractivity contribution < 1.29 is 14.5 Å². The third-order valence-corrected chi connectivity index (χ3v) is 4.71. The Labute approximate surface area is 165 Å². The van der Waals surface area contributed by atoms with Gasteiger partial charge >= 0.3 is 0 Å². The molecule has 29 heavy (non-hydrogen) atoms. The van der Waals surface area contributed by atoms with E-state index in [2.05, 4.69) is 15.4 Å². The molecule has 0 atom stereocenters. The zero-order valence-electron chi connectivity index (χ0n) is 16.0. The Morgan fingerprint density at radius 3 is 2.55 bits per heavy atom. The quantitative estimate of drug-likeness (QED) is 0.458. The third kappa shape index (κ3) is 4.21. The van der Waals surface area contributed by atoms with Crippen LogP contribution in [0.4, 0.5) is 5.69 Å². The molecule has 0 bridgehead atoms. The van der Waals surface area contributed by atoms with Crippen molar-refractivity contribution in [1.29, 1.82) is 0 Å². The molecule has 0 aliphatic rings. The zero-order chi connectivity index (χ0) is 21.1. The maximum atomic E-state index is 12.2. The summed E-state index contributed by atoms with van der Waals surface area (Å²) in [6.45, 7) is 3.95. The first kappa shape index (κ1) is 19.9. The van der Waals surface area contributed by atoms with Gasteiger partial charge in [0.15, 0.2) is 5.65 Å². The van der Waals surface area contributed by atoms with Gasteiger partial charge in [0.1, 0.15) is 5.56 Å². The van der Waals surface area contributed by atoms with E-state index in [0.29, 0.717) is 17.8 Å². The highest BCUT2D eigenvalue weighted by atomic mass is 16.6. The number of hydrogen-bond donors (Lipinski definition) is 2. The molecule has 0 saturated carbocycles. The minimum Gasteiger partial charge on any atom is -0.365 e.